The van der Waals surface area contributed by atoms with Crippen molar-refractivity contribution in [2.45, 2.75) is 45.7 Å². The number of carbonyl (C=O) groups is 1. The fourth-order valence-corrected chi connectivity index (χ4v) is 3.49. The van der Waals surface area contributed by atoms with Crippen LogP contribution in [0.3, 0.4) is 0 Å². The van der Waals surface area contributed by atoms with Crippen LogP contribution in [0.15, 0.2) is 34.7 Å². The number of aromatic nitrogens is 1. The maximum Gasteiger partial charge on any atom is 0.221 e. The number of aryl methyl sites for hydroxylation is 2. The number of piperidine rings is 1. The summed E-state index contributed by atoms with van der Waals surface area (Å²) in [6.45, 7) is 7.42. The number of hydrogen-bond acceptors (Lipinski definition) is 5. The molecule has 1 saturated heterocycles. The normalized spacial score (nSPS) is 17.0. The predicted molar refractivity (Wildman–Crippen MR) is 105 cm³/mol. The van der Waals surface area contributed by atoms with E-state index in [9.17, 15) is 4.79 Å². The third-order valence-corrected chi connectivity index (χ3v) is 5.36. The summed E-state index contributed by atoms with van der Waals surface area (Å²) in [6.07, 6.45) is 2.47. The molecule has 1 fully saturated rings. The molecule has 1 aliphatic heterocycles. The lowest BCUT2D eigenvalue weighted by Gasteiger charge is -2.31. The highest BCUT2D eigenvalue weighted by molar-refractivity contribution is 5.76. The van der Waals surface area contributed by atoms with E-state index in [-0.39, 0.29) is 11.9 Å². The largest absolute Gasteiger partial charge is 0.444 e. The van der Waals surface area contributed by atoms with Gasteiger partial charge < -0.3 is 15.5 Å². The monoisotopic (exact) mass is 370 g/mol. The second kappa shape index (κ2) is 9.15. The number of carbonyl (C=O) groups excluding carboxylic acids is 1. The van der Waals surface area contributed by atoms with Crippen LogP contribution in [0.2, 0.25) is 0 Å². The van der Waals surface area contributed by atoms with Crippen LogP contribution in [-0.2, 0) is 11.3 Å². The number of oxazole rings is 1. The zero-order chi connectivity index (χ0) is 19.2. The lowest BCUT2D eigenvalue weighted by atomic mass is 9.96. The third kappa shape index (κ3) is 5.65. The molecule has 1 unspecified atom stereocenters. The Morgan fingerprint density at radius 2 is 2.00 bits per heavy atom. The van der Waals surface area contributed by atoms with Crippen molar-refractivity contribution in [2.24, 2.45) is 11.7 Å². The van der Waals surface area contributed by atoms with Gasteiger partial charge in [0.25, 0.3) is 0 Å². The minimum atomic E-state index is -0.249. The average molecular weight is 370 g/mol. The molecule has 27 heavy (non-hydrogen) atoms. The smallest absolute Gasteiger partial charge is 0.221 e. The molecule has 6 nitrogen and oxygen atoms in total. The summed E-state index contributed by atoms with van der Waals surface area (Å²) in [6, 6.07) is 9.52. The molecule has 2 aromatic rings. The fourth-order valence-electron chi connectivity index (χ4n) is 3.49. The van der Waals surface area contributed by atoms with Gasteiger partial charge in [0.05, 0.1) is 12.2 Å². The van der Waals surface area contributed by atoms with Gasteiger partial charge in [-0.2, -0.15) is 0 Å². The molecule has 0 spiro atoms. The first-order chi connectivity index (χ1) is 13.0. The Bertz CT molecular complexity index is 716. The van der Waals surface area contributed by atoms with Crippen LogP contribution in [0.25, 0.3) is 0 Å². The van der Waals surface area contributed by atoms with Gasteiger partial charge in [-0.05, 0) is 51.3 Å². The van der Waals surface area contributed by atoms with E-state index in [2.05, 4.69) is 15.2 Å². The van der Waals surface area contributed by atoms with Crippen LogP contribution in [0, 0.1) is 19.8 Å². The number of likely N-dealkylation sites (tertiary alicyclic amines) is 1. The van der Waals surface area contributed by atoms with Crippen molar-refractivity contribution >= 4 is 5.91 Å². The van der Waals surface area contributed by atoms with E-state index in [0.717, 1.165) is 61.9 Å². The number of nitrogens with one attached hydrogen (secondary N) is 1. The molecular weight excluding hydrogens is 340 g/mol. The van der Waals surface area contributed by atoms with Gasteiger partial charge >= 0.3 is 0 Å². The average Bonchev–Trinajstić information content (AvgIpc) is 2.99. The fraction of sp³-hybridized carbons (Fsp3) is 0.524. The van der Waals surface area contributed by atoms with Crippen molar-refractivity contribution in [1.29, 1.82) is 0 Å². The quantitative estimate of drug-likeness (QED) is 0.783. The van der Waals surface area contributed by atoms with Crippen LogP contribution in [0.1, 0.15) is 48.2 Å². The van der Waals surface area contributed by atoms with Crippen LogP contribution in [0.4, 0.5) is 0 Å². The topological polar surface area (TPSA) is 84.4 Å². The molecule has 3 N–H and O–H groups in total. The predicted octanol–water partition coefficient (Wildman–Crippen LogP) is 2.71. The zero-order valence-corrected chi connectivity index (χ0v) is 16.3. The van der Waals surface area contributed by atoms with Crippen LogP contribution >= 0.6 is 0 Å². The summed E-state index contributed by atoms with van der Waals surface area (Å²) in [5, 5.41) is 3.06. The Hall–Kier alpha value is -2.18. The van der Waals surface area contributed by atoms with Gasteiger partial charge in [0.2, 0.25) is 11.8 Å². The Kier molecular flexibility index (Phi) is 6.63. The van der Waals surface area contributed by atoms with Gasteiger partial charge in [-0.25, -0.2) is 4.98 Å². The number of benzene rings is 1. The first kappa shape index (κ1) is 19.6. The molecule has 6 heteroatoms. The summed E-state index contributed by atoms with van der Waals surface area (Å²) in [5.41, 5.74) is 8.09. The molecule has 3 rings (SSSR count). The Balaban J connectivity index is 1.36. The minimum Gasteiger partial charge on any atom is -0.444 e. The number of nitrogens with two attached hydrogens (primary N) is 1. The standard InChI is InChI=1S/C21H30N4O2/c1-15-16(2)27-21(24-15)14-25-10-8-17(9-11-25)13-23-20(26)12-19(22)18-6-4-3-5-7-18/h3-7,17,19H,8-14,22H2,1-2H3,(H,23,26). The van der Waals surface area contributed by atoms with Crippen molar-refractivity contribution in [2.75, 3.05) is 19.6 Å². The summed E-state index contributed by atoms with van der Waals surface area (Å²) in [4.78, 5) is 19.0. The summed E-state index contributed by atoms with van der Waals surface area (Å²) >= 11 is 0. The molecule has 0 aliphatic carbocycles. The first-order valence-electron chi connectivity index (χ1n) is 9.73. The maximum absolute atomic E-state index is 12.2. The Morgan fingerprint density at radius 3 is 2.63 bits per heavy atom. The highest BCUT2D eigenvalue weighted by Gasteiger charge is 2.21. The van der Waals surface area contributed by atoms with Gasteiger partial charge in [-0.1, -0.05) is 30.3 Å². The summed E-state index contributed by atoms with van der Waals surface area (Å²) in [7, 11) is 0. The number of hydrogen-bond donors (Lipinski definition) is 2. The summed E-state index contributed by atoms with van der Waals surface area (Å²) < 4.78 is 5.67. The van der Waals surface area contributed by atoms with Crippen molar-refractivity contribution in [3.63, 3.8) is 0 Å². The van der Waals surface area contributed by atoms with Gasteiger partial charge in [-0.3, -0.25) is 9.69 Å². The highest BCUT2D eigenvalue weighted by Crippen LogP contribution is 2.19. The maximum atomic E-state index is 12.2. The van der Waals surface area contributed by atoms with Gasteiger partial charge in [-0.15, -0.1) is 0 Å². The van der Waals surface area contributed by atoms with Crippen molar-refractivity contribution in [3.05, 3.63) is 53.2 Å². The molecule has 0 radical (unpaired) electrons. The van der Waals surface area contributed by atoms with Crippen LogP contribution < -0.4 is 11.1 Å². The molecule has 1 aromatic carbocycles. The van der Waals surface area contributed by atoms with E-state index in [1.54, 1.807) is 0 Å². The lowest BCUT2D eigenvalue weighted by Crippen LogP contribution is -2.38. The Labute approximate surface area is 161 Å². The van der Waals surface area contributed by atoms with E-state index in [1.165, 1.54) is 0 Å². The zero-order valence-electron chi connectivity index (χ0n) is 16.3. The molecule has 1 amide bonds. The van der Waals surface area contributed by atoms with E-state index < -0.39 is 0 Å². The third-order valence-electron chi connectivity index (χ3n) is 5.36. The number of nitrogens with zero attached hydrogens (tertiary/aromatic N) is 2. The van der Waals surface area contributed by atoms with Crippen molar-refractivity contribution < 1.29 is 9.21 Å². The first-order valence-corrected chi connectivity index (χ1v) is 9.73. The van der Waals surface area contributed by atoms with E-state index in [4.69, 9.17) is 10.2 Å². The van der Waals surface area contributed by atoms with E-state index in [0.29, 0.717) is 12.3 Å². The molecule has 0 bridgehead atoms. The molecule has 1 atom stereocenters. The van der Waals surface area contributed by atoms with E-state index in [1.807, 2.05) is 44.2 Å². The van der Waals surface area contributed by atoms with E-state index >= 15 is 0 Å². The molecule has 1 aliphatic rings. The molecule has 0 saturated carbocycles. The number of amides is 1. The SMILES string of the molecule is Cc1nc(CN2CCC(CNC(=O)CC(N)c3ccccc3)CC2)oc1C. The second-order valence-electron chi connectivity index (χ2n) is 7.49. The lowest BCUT2D eigenvalue weighted by molar-refractivity contribution is -0.121. The minimum absolute atomic E-state index is 0.0273. The van der Waals surface area contributed by atoms with Gasteiger partial charge in [0.15, 0.2) is 0 Å². The summed E-state index contributed by atoms with van der Waals surface area (Å²) in [5.74, 6) is 2.24. The van der Waals surface area contributed by atoms with Gasteiger partial charge in [0, 0.05) is 19.0 Å². The second-order valence-corrected chi connectivity index (χ2v) is 7.49. The van der Waals surface area contributed by atoms with Crippen LogP contribution in [0.5, 0.6) is 0 Å². The van der Waals surface area contributed by atoms with Crippen molar-refractivity contribution in [3.8, 4) is 0 Å². The van der Waals surface area contributed by atoms with Gasteiger partial charge in [0.1, 0.15) is 5.76 Å². The Morgan fingerprint density at radius 1 is 1.30 bits per heavy atom. The molecular formula is C21H30N4O2. The highest BCUT2D eigenvalue weighted by atomic mass is 16.4. The van der Waals surface area contributed by atoms with Crippen molar-refractivity contribution in [1.82, 2.24) is 15.2 Å². The molecule has 146 valence electrons. The molecule has 2 heterocycles. The number of rotatable bonds is 7. The van der Waals surface area contributed by atoms with Crippen LogP contribution in [-0.4, -0.2) is 35.4 Å². The molecule has 1 aromatic heterocycles.